The first-order chi connectivity index (χ1) is 14.4. The van der Waals surface area contributed by atoms with Crippen LogP contribution in [0.25, 0.3) is 0 Å². The van der Waals surface area contributed by atoms with Crippen LogP contribution in [0, 0.1) is 25.7 Å². The lowest BCUT2D eigenvalue weighted by Crippen LogP contribution is -1.83. The van der Waals surface area contributed by atoms with Gasteiger partial charge in [-0.2, -0.15) is 0 Å². The van der Waals surface area contributed by atoms with Crippen LogP contribution in [0.2, 0.25) is 0 Å². The number of hydrogen-bond acceptors (Lipinski definition) is 0. The highest BCUT2D eigenvalue weighted by Crippen LogP contribution is 2.13. The van der Waals surface area contributed by atoms with E-state index in [1.807, 2.05) is 0 Å². The molecule has 0 fully saturated rings. The highest BCUT2D eigenvalue weighted by atomic mass is 14.0. The highest BCUT2D eigenvalue weighted by molar-refractivity contribution is 4.98. The summed E-state index contributed by atoms with van der Waals surface area (Å²) >= 11 is 0. The van der Waals surface area contributed by atoms with E-state index in [0.29, 0.717) is 0 Å². The van der Waals surface area contributed by atoms with Gasteiger partial charge in [-0.05, 0) is 12.8 Å². The minimum Gasteiger partial charge on any atom is -0.103 e. The maximum Gasteiger partial charge on any atom is 0.00886 e. The molecule has 0 rings (SSSR count). The molecule has 0 heterocycles. The van der Waals surface area contributed by atoms with Gasteiger partial charge in [0.2, 0.25) is 0 Å². The monoisotopic (exact) mass is 402 g/mol. The third-order valence-corrected chi connectivity index (χ3v) is 5.98. The third-order valence-electron chi connectivity index (χ3n) is 5.98. The molecule has 0 nitrogen and oxygen atoms in total. The first kappa shape index (κ1) is 28.6. The molecule has 0 aliphatic rings. The minimum absolute atomic E-state index is 1.10. The van der Waals surface area contributed by atoms with E-state index >= 15 is 0 Å². The largest absolute Gasteiger partial charge is 0.103 e. The number of hydrogen-bond donors (Lipinski definition) is 0. The van der Waals surface area contributed by atoms with Gasteiger partial charge in [-0.15, -0.1) is 11.8 Å². The van der Waals surface area contributed by atoms with Crippen molar-refractivity contribution < 1.29 is 0 Å². The fourth-order valence-corrected chi connectivity index (χ4v) is 3.96. The van der Waals surface area contributed by atoms with Crippen LogP contribution in [0.5, 0.6) is 0 Å². The van der Waals surface area contributed by atoms with Crippen molar-refractivity contribution in [2.24, 2.45) is 0 Å². The van der Waals surface area contributed by atoms with Crippen molar-refractivity contribution in [1.29, 1.82) is 0 Å². The van der Waals surface area contributed by atoms with Crippen LogP contribution < -0.4 is 0 Å². The molecule has 0 N–H and O–H groups in total. The third kappa shape index (κ3) is 27.6. The predicted octanol–water partition coefficient (Wildman–Crippen LogP) is 10.4. The predicted molar refractivity (Wildman–Crippen MR) is 134 cm³/mol. The summed E-state index contributed by atoms with van der Waals surface area (Å²) in [7, 11) is 0. The van der Waals surface area contributed by atoms with Crippen LogP contribution in [0.3, 0.4) is 0 Å². The second-order valence-electron chi connectivity index (χ2n) is 8.99. The van der Waals surface area contributed by atoms with Gasteiger partial charge in [-0.3, -0.25) is 0 Å². The second kappa shape index (κ2) is 27.6. The van der Waals surface area contributed by atoms with Crippen molar-refractivity contribution in [3.8, 4) is 11.8 Å². The molecule has 170 valence electrons. The van der Waals surface area contributed by atoms with E-state index in [1.165, 1.54) is 135 Å². The molecule has 0 aliphatic carbocycles. The van der Waals surface area contributed by atoms with Crippen molar-refractivity contribution in [3.63, 3.8) is 0 Å². The Bertz CT molecular complexity index is 332. The molecular weight excluding hydrogens is 348 g/mol. The quantitative estimate of drug-likeness (QED) is 0.118. The van der Waals surface area contributed by atoms with E-state index in [2.05, 4.69) is 25.7 Å². The molecule has 0 aromatic heterocycles. The van der Waals surface area contributed by atoms with Gasteiger partial charge in [0.15, 0.2) is 0 Å². The molecule has 0 bridgehead atoms. The second-order valence-corrected chi connectivity index (χ2v) is 8.99. The van der Waals surface area contributed by atoms with E-state index in [4.69, 9.17) is 0 Å². The average molecular weight is 403 g/mol. The summed E-state index contributed by atoms with van der Waals surface area (Å²) < 4.78 is 0. The van der Waals surface area contributed by atoms with Crippen LogP contribution in [0.15, 0.2) is 0 Å². The molecular formula is C29H54. The lowest BCUT2D eigenvalue weighted by Gasteiger charge is -2.03. The Morgan fingerprint density at radius 3 is 0.724 bits per heavy atom. The van der Waals surface area contributed by atoms with Crippen LogP contribution in [0.4, 0.5) is 0 Å². The lowest BCUT2D eigenvalue weighted by atomic mass is 10.0. The standard InChI is InChI=1S/C29H54/c1-3-5-7-9-11-13-15-17-19-21-23-25-27-29-28-26-24-22-20-18-16-14-12-10-8-6-4-2/h1-21,23,25-29H2. The summed E-state index contributed by atoms with van der Waals surface area (Å²) in [6, 6.07) is 0. The molecule has 0 amide bonds. The topological polar surface area (TPSA) is 0 Å². The molecule has 2 radical (unpaired) electrons. The average Bonchev–Trinajstić information content (AvgIpc) is 2.74. The van der Waals surface area contributed by atoms with Gasteiger partial charge in [0.25, 0.3) is 0 Å². The maximum absolute atomic E-state index is 3.91. The summed E-state index contributed by atoms with van der Waals surface area (Å²) in [5.74, 6) is 6.78. The lowest BCUT2D eigenvalue weighted by molar-refractivity contribution is 0.534. The van der Waals surface area contributed by atoms with Crippen molar-refractivity contribution in [1.82, 2.24) is 0 Å². The summed E-state index contributed by atoms with van der Waals surface area (Å²) in [5.41, 5.74) is 0. The van der Waals surface area contributed by atoms with Gasteiger partial charge in [-0.25, -0.2) is 0 Å². The maximum atomic E-state index is 3.91. The number of rotatable bonds is 23. The van der Waals surface area contributed by atoms with Crippen molar-refractivity contribution in [3.05, 3.63) is 13.8 Å². The molecule has 0 aromatic carbocycles. The van der Waals surface area contributed by atoms with Gasteiger partial charge in [0, 0.05) is 12.8 Å². The Labute approximate surface area is 186 Å². The molecule has 0 unspecified atom stereocenters. The van der Waals surface area contributed by atoms with Gasteiger partial charge >= 0.3 is 0 Å². The Kier molecular flexibility index (Phi) is 27.1. The molecule has 0 aliphatic heterocycles. The van der Waals surface area contributed by atoms with Crippen LogP contribution in [-0.2, 0) is 0 Å². The molecule has 0 spiro atoms. The highest BCUT2D eigenvalue weighted by Gasteiger charge is 1.94. The van der Waals surface area contributed by atoms with Crippen molar-refractivity contribution in [2.75, 3.05) is 0 Å². The molecule has 0 atom stereocenters. The first-order valence-corrected chi connectivity index (χ1v) is 13.5. The first-order valence-electron chi connectivity index (χ1n) is 13.5. The normalized spacial score (nSPS) is 10.8. The van der Waals surface area contributed by atoms with E-state index in [-0.39, 0.29) is 0 Å². The fourth-order valence-electron chi connectivity index (χ4n) is 3.96. The van der Waals surface area contributed by atoms with Crippen LogP contribution >= 0.6 is 0 Å². The summed E-state index contributed by atoms with van der Waals surface area (Å²) in [4.78, 5) is 0. The molecule has 0 heteroatoms. The minimum atomic E-state index is 1.10. The Hall–Kier alpha value is -0.440. The van der Waals surface area contributed by atoms with Crippen LogP contribution in [-0.4, -0.2) is 0 Å². The van der Waals surface area contributed by atoms with Gasteiger partial charge < -0.3 is 0 Å². The Balaban J connectivity index is 3.07. The van der Waals surface area contributed by atoms with Gasteiger partial charge in [0.1, 0.15) is 0 Å². The molecule has 0 aromatic rings. The zero-order valence-electron chi connectivity index (χ0n) is 20.1. The number of unbranched alkanes of at least 4 members (excludes halogenated alkanes) is 23. The van der Waals surface area contributed by atoms with Crippen molar-refractivity contribution >= 4 is 0 Å². The summed E-state index contributed by atoms with van der Waals surface area (Å²) in [5, 5.41) is 0. The van der Waals surface area contributed by atoms with E-state index in [0.717, 1.165) is 25.7 Å². The summed E-state index contributed by atoms with van der Waals surface area (Å²) in [6.07, 6.45) is 33.9. The van der Waals surface area contributed by atoms with E-state index < -0.39 is 0 Å². The van der Waals surface area contributed by atoms with Gasteiger partial charge in [-0.1, -0.05) is 149 Å². The van der Waals surface area contributed by atoms with E-state index in [9.17, 15) is 0 Å². The smallest absolute Gasteiger partial charge is 0.00886 e. The SMILES string of the molecule is [CH2]CCCCCCCCCC#CCCCCCCCCCCCCCCCC[CH2]. The van der Waals surface area contributed by atoms with Gasteiger partial charge in [0.05, 0.1) is 0 Å². The van der Waals surface area contributed by atoms with Crippen molar-refractivity contribution in [2.45, 2.75) is 161 Å². The Morgan fingerprint density at radius 2 is 0.483 bits per heavy atom. The van der Waals surface area contributed by atoms with E-state index in [1.54, 1.807) is 0 Å². The molecule has 29 heavy (non-hydrogen) atoms. The summed E-state index contributed by atoms with van der Waals surface area (Å²) in [6.45, 7) is 7.81. The van der Waals surface area contributed by atoms with Crippen LogP contribution in [0.1, 0.15) is 161 Å². The molecule has 0 saturated heterocycles. The Morgan fingerprint density at radius 1 is 0.276 bits per heavy atom. The zero-order chi connectivity index (χ0) is 21.1. The zero-order valence-corrected chi connectivity index (χ0v) is 20.1. The molecule has 0 saturated carbocycles. The fraction of sp³-hybridized carbons (Fsp3) is 0.862.